The van der Waals surface area contributed by atoms with Crippen LogP contribution in [0.3, 0.4) is 0 Å². The lowest BCUT2D eigenvalue weighted by atomic mass is 10.2. The Labute approximate surface area is 118 Å². The van der Waals surface area contributed by atoms with E-state index in [0.717, 1.165) is 24.4 Å². The number of nitrogens with zero attached hydrogens (tertiary/aromatic N) is 1. The highest BCUT2D eigenvalue weighted by Crippen LogP contribution is 2.15. The summed E-state index contributed by atoms with van der Waals surface area (Å²) in [5.41, 5.74) is 1.11. The second-order valence-corrected chi connectivity index (χ2v) is 5.71. The molecule has 0 aliphatic heterocycles. The van der Waals surface area contributed by atoms with Gasteiger partial charge < -0.3 is 10.1 Å². The molecule has 19 heavy (non-hydrogen) atoms. The van der Waals surface area contributed by atoms with Crippen molar-refractivity contribution < 1.29 is 4.74 Å². The van der Waals surface area contributed by atoms with E-state index in [1.807, 2.05) is 6.07 Å². The maximum absolute atomic E-state index is 5.80. The zero-order chi connectivity index (χ0) is 13.5. The van der Waals surface area contributed by atoms with E-state index in [9.17, 15) is 0 Å². The van der Waals surface area contributed by atoms with Crippen LogP contribution in [0.1, 0.15) is 24.3 Å². The lowest BCUT2D eigenvalue weighted by Crippen LogP contribution is -2.22. The predicted octanol–water partition coefficient (Wildman–Crippen LogP) is 3.26. The fourth-order valence-electron chi connectivity index (χ4n) is 1.71. The van der Waals surface area contributed by atoms with Crippen molar-refractivity contribution in [2.75, 3.05) is 6.61 Å². The Bertz CT molecular complexity index is 483. The first-order valence-corrected chi connectivity index (χ1v) is 7.46. The van der Waals surface area contributed by atoms with Gasteiger partial charge in [-0.15, -0.1) is 11.3 Å². The molecule has 2 aromatic rings. The van der Waals surface area contributed by atoms with E-state index in [2.05, 4.69) is 47.7 Å². The van der Waals surface area contributed by atoms with E-state index in [1.165, 1.54) is 4.88 Å². The Hall–Kier alpha value is -1.39. The average molecular weight is 276 g/mol. The fourth-order valence-corrected chi connectivity index (χ4v) is 2.40. The maximum Gasteiger partial charge on any atom is 0.217 e. The van der Waals surface area contributed by atoms with Gasteiger partial charge in [0.25, 0.3) is 0 Å². The van der Waals surface area contributed by atoms with Gasteiger partial charge >= 0.3 is 0 Å². The Morgan fingerprint density at radius 2 is 2.21 bits per heavy atom. The van der Waals surface area contributed by atoms with Crippen LogP contribution in [-0.4, -0.2) is 17.6 Å². The monoisotopic (exact) mass is 276 g/mol. The van der Waals surface area contributed by atoms with Gasteiger partial charge in [0.2, 0.25) is 5.88 Å². The molecule has 0 aromatic carbocycles. The molecule has 0 unspecified atom stereocenters. The molecule has 0 fully saturated rings. The molecule has 0 saturated heterocycles. The first-order valence-electron chi connectivity index (χ1n) is 6.58. The topological polar surface area (TPSA) is 34.2 Å². The smallest absolute Gasteiger partial charge is 0.217 e. The van der Waals surface area contributed by atoms with Crippen LogP contribution in [0, 0.1) is 0 Å². The van der Waals surface area contributed by atoms with Crippen LogP contribution in [0.5, 0.6) is 5.88 Å². The highest BCUT2D eigenvalue weighted by atomic mass is 32.1. The first-order chi connectivity index (χ1) is 9.25. The van der Waals surface area contributed by atoms with Gasteiger partial charge in [0.15, 0.2) is 0 Å². The molecule has 0 radical (unpaired) electrons. The van der Waals surface area contributed by atoms with Crippen molar-refractivity contribution in [3.05, 3.63) is 46.3 Å². The van der Waals surface area contributed by atoms with Crippen molar-refractivity contribution >= 4 is 11.3 Å². The minimum Gasteiger partial charge on any atom is -0.477 e. The number of pyridine rings is 1. The second-order valence-electron chi connectivity index (χ2n) is 4.68. The molecule has 2 heterocycles. The van der Waals surface area contributed by atoms with Crippen molar-refractivity contribution in [1.82, 2.24) is 10.3 Å². The summed E-state index contributed by atoms with van der Waals surface area (Å²) < 4.78 is 5.80. The van der Waals surface area contributed by atoms with Crippen LogP contribution < -0.4 is 10.1 Å². The largest absolute Gasteiger partial charge is 0.477 e. The highest BCUT2D eigenvalue weighted by Gasteiger charge is 2.05. The van der Waals surface area contributed by atoms with E-state index < -0.39 is 0 Å². The molecule has 1 N–H and O–H groups in total. The summed E-state index contributed by atoms with van der Waals surface area (Å²) in [6, 6.07) is 8.66. The van der Waals surface area contributed by atoms with Gasteiger partial charge in [0.1, 0.15) is 0 Å². The van der Waals surface area contributed by atoms with E-state index in [-0.39, 0.29) is 0 Å². The van der Waals surface area contributed by atoms with Crippen LogP contribution in [0.25, 0.3) is 0 Å². The highest BCUT2D eigenvalue weighted by molar-refractivity contribution is 7.09. The van der Waals surface area contributed by atoms with E-state index in [1.54, 1.807) is 17.5 Å². The molecule has 0 aliphatic rings. The molecule has 0 bridgehead atoms. The maximum atomic E-state index is 5.80. The molecule has 0 atom stereocenters. The van der Waals surface area contributed by atoms with Crippen molar-refractivity contribution in [1.29, 1.82) is 0 Å². The molecule has 0 amide bonds. The normalized spacial score (nSPS) is 10.9. The van der Waals surface area contributed by atoms with Gasteiger partial charge in [-0.1, -0.05) is 26.0 Å². The Morgan fingerprint density at radius 3 is 2.95 bits per heavy atom. The average Bonchev–Trinajstić information content (AvgIpc) is 2.91. The number of hydrogen-bond donors (Lipinski definition) is 1. The minimum atomic E-state index is 0.458. The summed E-state index contributed by atoms with van der Waals surface area (Å²) >= 11 is 1.76. The zero-order valence-electron chi connectivity index (χ0n) is 11.4. The number of ether oxygens (including phenoxy) is 1. The number of nitrogens with one attached hydrogen (secondary N) is 1. The number of hydrogen-bond acceptors (Lipinski definition) is 4. The first kappa shape index (κ1) is 14.0. The summed E-state index contributed by atoms with van der Waals surface area (Å²) in [4.78, 5) is 5.66. The van der Waals surface area contributed by atoms with Gasteiger partial charge in [-0.3, -0.25) is 0 Å². The fraction of sp³-hybridized carbons (Fsp3) is 0.400. The summed E-state index contributed by atoms with van der Waals surface area (Å²) in [6.45, 7) is 5.73. The lowest BCUT2D eigenvalue weighted by Gasteiger charge is -2.12. The van der Waals surface area contributed by atoms with Crippen LogP contribution in [0.15, 0.2) is 35.8 Å². The third-order valence-corrected chi connectivity index (χ3v) is 3.65. The minimum absolute atomic E-state index is 0.458. The van der Waals surface area contributed by atoms with E-state index in [4.69, 9.17) is 4.74 Å². The SMILES string of the molecule is CC(C)NCc1cccnc1OCCc1cccs1. The standard InChI is InChI=1S/C15H20N2OS/c1-12(2)17-11-13-5-3-8-16-15(13)18-9-7-14-6-4-10-19-14/h3-6,8,10,12,17H,7,9,11H2,1-2H3. The lowest BCUT2D eigenvalue weighted by molar-refractivity contribution is 0.305. The van der Waals surface area contributed by atoms with Crippen LogP contribution >= 0.6 is 11.3 Å². The summed E-state index contributed by atoms with van der Waals surface area (Å²) in [7, 11) is 0. The molecule has 0 aliphatic carbocycles. The zero-order valence-corrected chi connectivity index (χ0v) is 12.2. The van der Waals surface area contributed by atoms with Gasteiger partial charge in [0, 0.05) is 35.6 Å². The van der Waals surface area contributed by atoms with Crippen molar-refractivity contribution in [2.24, 2.45) is 0 Å². The van der Waals surface area contributed by atoms with Crippen LogP contribution in [0.4, 0.5) is 0 Å². The molecule has 3 nitrogen and oxygen atoms in total. The third-order valence-electron chi connectivity index (χ3n) is 2.72. The Balaban J connectivity index is 1.88. The number of thiophene rings is 1. The third kappa shape index (κ3) is 4.65. The quantitative estimate of drug-likeness (QED) is 0.843. The van der Waals surface area contributed by atoms with Crippen LogP contribution in [-0.2, 0) is 13.0 Å². The van der Waals surface area contributed by atoms with Gasteiger partial charge in [-0.2, -0.15) is 0 Å². The summed E-state index contributed by atoms with van der Waals surface area (Å²) in [6.07, 6.45) is 2.71. The molecule has 2 aromatic heterocycles. The van der Waals surface area contributed by atoms with E-state index >= 15 is 0 Å². The molecule has 2 rings (SSSR count). The van der Waals surface area contributed by atoms with Crippen LogP contribution in [0.2, 0.25) is 0 Å². The molecule has 0 saturated carbocycles. The number of aromatic nitrogens is 1. The van der Waals surface area contributed by atoms with Gasteiger partial charge in [0.05, 0.1) is 6.61 Å². The summed E-state index contributed by atoms with van der Waals surface area (Å²) in [5, 5.41) is 5.48. The predicted molar refractivity (Wildman–Crippen MR) is 79.7 cm³/mol. The Morgan fingerprint density at radius 1 is 1.32 bits per heavy atom. The molecular formula is C15H20N2OS. The molecule has 4 heteroatoms. The Kier molecular flexibility index (Phi) is 5.36. The van der Waals surface area contributed by atoms with E-state index in [0.29, 0.717) is 12.6 Å². The number of rotatable bonds is 7. The van der Waals surface area contributed by atoms with Crippen molar-refractivity contribution in [3.8, 4) is 5.88 Å². The summed E-state index contributed by atoms with van der Waals surface area (Å²) in [5.74, 6) is 0.743. The molecular weight excluding hydrogens is 256 g/mol. The van der Waals surface area contributed by atoms with Gasteiger partial charge in [-0.05, 0) is 17.5 Å². The molecule has 102 valence electrons. The second kappa shape index (κ2) is 7.26. The van der Waals surface area contributed by atoms with Crippen molar-refractivity contribution in [3.63, 3.8) is 0 Å². The molecule has 0 spiro atoms. The van der Waals surface area contributed by atoms with Gasteiger partial charge in [-0.25, -0.2) is 4.98 Å². The van der Waals surface area contributed by atoms with Crippen molar-refractivity contribution in [2.45, 2.75) is 32.9 Å².